The van der Waals surface area contributed by atoms with Crippen molar-refractivity contribution in [3.63, 3.8) is 0 Å². The summed E-state index contributed by atoms with van der Waals surface area (Å²) in [5.41, 5.74) is 0.0476. The summed E-state index contributed by atoms with van der Waals surface area (Å²) in [6.07, 6.45) is 1.95. The summed E-state index contributed by atoms with van der Waals surface area (Å²) in [6, 6.07) is 6.95. The van der Waals surface area contributed by atoms with Crippen molar-refractivity contribution in [1.29, 1.82) is 0 Å². The highest BCUT2D eigenvalue weighted by Crippen LogP contribution is 2.23. The molecule has 0 saturated carbocycles. The average Bonchev–Trinajstić information content (AvgIpc) is 2.80. The molecule has 0 spiro atoms. The summed E-state index contributed by atoms with van der Waals surface area (Å²) >= 11 is 0. The third-order valence-electron chi connectivity index (χ3n) is 2.68. The van der Waals surface area contributed by atoms with Crippen LogP contribution in [0.5, 0.6) is 0 Å². The SMILES string of the molecule is CNC(Cc1ccco1)c1c(F)cccc1F. The summed E-state index contributed by atoms with van der Waals surface area (Å²) < 4.78 is 32.4. The van der Waals surface area contributed by atoms with Crippen molar-refractivity contribution in [2.24, 2.45) is 0 Å². The first-order valence-electron chi connectivity index (χ1n) is 5.36. The molecule has 0 aliphatic carbocycles. The highest BCUT2D eigenvalue weighted by atomic mass is 19.1. The van der Waals surface area contributed by atoms with E-state index >= 15 is 0 Å². The number of benzene rings is 1. The molecule has 0 fully saturated rings. The summed E-state index contributed by atoms with van der Waals surface area (Å²) in [5.74, 6) is -0.404. The van der Waals surface area contributed by atoms with E-state index in [-0.39, 0.29) is 5.56 Å². The quantitative estimate of drug-likeness (QED) is 0.884. The van der Waals surface area contributed by atoms with E-state index in [0.717, 1.165) is 0 Å². The Balaban J connectivity index is 2.29. The summed E-state index contributed by atoms with van der Waals surface area (Å²) in [7, 11) is 1.67. The molecule has 0 saturated heterocycles. The highest BCUT2D eigenvalue weighted by Gasteiger charge is 2.19. The summed E-state index contributed by atoms with van der Waals surface area (Å²) in [6.45, 7) is 0. The van der Waals surface area contributed by atoms with Gasteiger partial charge in [-0.3, -0.25) is 0 Å². The third-order valence-corrected chi connectivity index (χ3v) is 2.68. The van der Waals surface area contributed by atoms with E-state index < -0.39 is 17.7 Å². The van der Waals surface area contributed by atoms with Gasteiger partial charge in [0.2, 0.25) is 0 Å². The van der Waals surface area contributed by atoms with Gasteiger partial charge in [0, 0.05) is 18.0 Å². The van der Waals surface area contributed by atoms with Crippen LogP contribution in [0.25, 0.3) is 0 Å². The van der Waals surface area contributed by atoms with Crippen molar-refractivity contribution in [3.8, 4) is 0 Å². The summed E-state index contributed by atoms with van der Waals surface area (Å²) in [5, 5.41) is 2.90. The fourth-order valence-electron chi connectivity index (χ4n) is 1.82. The Morgan fingerprint density at radius 1 is 1.18 bits per heavy atom. The molecule has 90 valence electrons. The van der Waals surface area contributed by atoms with Crippen molar-refractivity contribution < 1.29 is 13.2 Å². The van der Waals surface area contributed by atoms with Crippen LogP contribution >= 0.6 is 0 Å². The average molecular weight is 237 g/mol. The van der Waals surface area contributed by atoms with Crippen LogP contribution in [0.15, 0.2) is 41.0 Å². The van der Waals surface area contributed by atoms with Gasteiger partial charge in [-0.15, -0.1) is 0 Å². The van der Waals surface area contributed by atoms with Gasteiger partial charge in [-0.2, -0.15) is 0 Å². The topological polar surface area (TPSA) is 25.2 Å². The van der Waals surface area contributed by atoms with Crippen molar-refractivity contribution in [2.75, 3.05) is 7.05 Å². The van der Waals surface area contributed by atoms with Gasteiger partial charge < -0.3 is 9.73 Å². The molecule has 2 aromatic rings. The molecule has 0 amide bonds. The molecule has 2 rings (SSSR count). The van der Waals surface area contributed by atoms with Gasteiger partial charge in [0.15, 0.2) is 0 Å². The highest BCUT2D eigenvalue weighted by molar-refractivity contribution is 5.24. The maximum Gasteiger partial charge on any atom is 0.130 e. The molecule has 1 aromatic carbocycles. The van der Waals surface area contributed by atoms with Crippen LogP contribution in [-0.4, -0.2) is 7.05 Å². The fraction of sp³-hybridized carbons (Fsp3) is 0.231. The predicted molar refractivity (Wildman–Crippen MR) is 60.6 cm³/mol. The Labute approximate surface area is 98.3 Å². The molecule has 2 nitrogen and oxygen atoms in total. The van der Waals surface area contributed by atoms with Crippen LogP contribution in [-0.2, 0) is 6.42 Å². The van der Waals surface area contributed by atoms with E-state index in [1.165, 1.54) is 18.2 Å². The fourth-order valence-corrected chi connectivity index (χ4v) is 1.82. The first-order chi connectivity index (χ1) is 8.22. The lowest BCUT2D eigenvalue weighted by molar-refractivity contribution is 0.440. The molecule has 0 bridgehead atoms. The lowest BCUT2D eigenvalue weighted by atomic mass is 10.0. The maximum atomic E-state index is 13.6. The van der Waals surface area contributed by atoms with Crippen LogP contribution in [0, 0.1) is 11.6 Å². The van der Waals surface area contributed by atoms with Crippen molar-refractivity contribution in [1.82, 2.24) is 5.32 Å². The number of halogens is 2. The monoisotopic (exact) mass is 237 g/mol. The standard InChI is InChI=1S/C13H13F2NO/c1-16-12(8-9-4-3-7-17-9)13-10(14)5-2-6-11(13)15/h2-7,12,16H,8H2,1H3. The lowest BCUT2D eigenvalue weighted by Gasteiger charge is -2.16. The van der Waals surface area contributed by atoms with Gasteiger partial charge in [-0.05, 0) is 31.3 Å². The Hall–Kier alpha value is -1.68. The van der Waals surface area contributed by atoms with Crippen LogP contribution in [0.2, 0.25) is 0 Å². The first-order valence-corrected chi connectivity index (χ1v) is 5.36. The van der Waals surface area contributed by atoms with E-state index in [1.54, 1.807) is 25.4 Å². The molecule has 0 aliphatic rings. The summed E-state index contributed by atoms with van der Waals surface area (Å²) in [4.78, 5) is 0. The predicted octanol–water partition coefficient (Wildman–Crippen LogP) is 3.06. The Morgan fingerprint density at radius 3 is 2.41 bits per heavy atom. The lowest BCUT2D eigenvalue weighted by Crippen LogP contribution is -2.21. The smallest absolute Gasteiger partial charge is 0.130 e. The normalized spacial score (nSPS) is 12.6. The van der Waals surface area contributed by atoms with E-state index in [4.69, 9.17) is 4.42 Å². The molecule has 1 heterocycles. The first kappa shape index (κ1) is 11.8. The van der Waals surface area contributed by atoms with Crippen LogP contribution in [0.4, 0.5) is 8.78 Å². The van der Waals surface area contributed by atoms with Gasteiger partial charge in [-0.1, -0.05) is 6.07 Å². The molecule has 4 heteroatoms. The zero-order valence-electron chi connectivity index (χ0n) is 9.41. The van der Waals surface area contributed by atoms with Crippen LogP contribution in [0.1, 0.15) is 17.4 Å². The number of hydrogen-bond donors (Lipinski definition) is 1. The molecule has 17 heavy (non-hydrogen) atoms. The van der Waals surface area contributed by atoms with Crippen molar-refractivity contribution in [2.45, 2.75) is 12.5 Å². The molecule has 0 aliphatic heterocycles. The van der Waals surface area contributed by atoms with Gasteiger partial charge in [0.25, 0.3) is 0 Å². The second-order valence-corrected chi connectivity index (χ2v) is 3.76. The molecule has 1 unspecified atom stereocenters. The van der Waals surface area contributed by atoms with Gasteiger partial charge in [0.05, 0.1) is 6.26 Å². The minimum Gasteiger partial charge on any atom is -0.469 e. The zero-order chi connectivity index (χ0) is 12.3. The van der Waals surface area contributed by atoms with Gasteiger partial charge in [0.1, 0.15) is 17.4 Å². The zero-order valence-corrected chi connectivity index (χ0v) is 9.41. The minimum absolute atomic E-state index is 0.0476. The molecular formula is C13H13F2NO. The number of furan rings is 1. The Kier molecular flexibility index (Phi) is 3.54. The molecule has 1 aromatic heterocycles. The maximum absolute atomic E-state index is 13.6. The van der Waals surface area contributed by atoms with E-state index in [2.05, 4.69) is 5.32 Å². The van der Waals surface area contributed by atoms with E-state index in [0.29, 0.717) is 12.2 Å². The van der Waals surface area contributed by atoms with Gasteiger partial charge in [-0.25, -0.2) is 8.78 Å². The molecule has 1 N–H and O–H groups in total. The second-order valence-electron chi connectivity index (χ2n) is 3.76. The number of likely N-dealkylation sites (N-methyl/N-ethyl adjacent to an activating group) is 1. The van der Waals surface area contributed by atoms with Gasteiger partial charge >= 0.3 is 0 Å². The number of nitrogens with one attached hydrogen (secondary N) is 1. The second kappa shape index (κ2) is 5.10. The molecular weight excluding hydrogens is 224 g/mol. The third kappa shape index (κ3) is 2.53. The largest absolute Gasteiger partial charge is 0.469 e. The Morgan fingerprint density at radius 2 is 1.88 bits per heavy atom. The molecule has 0 radical (unpaired) electrons. The van der Waals surface area contributed by atoms with Crippen molar-refractivity contribution in [3.05, 3.63) is 59.6 Å². The van der Waals surface area contributed by atoms with E-state index in [9.17, 15) is 8.78 Å². The molecule has 1 atom stereocenters. The van der Waals surface area contributed by atoms with Crippen LogP contribution in [0.3, 0.4) is 0 Å². The number of rotatable bonds is 4. The Bertz CT molecular complexity index is 462. The van der Waals surface area contributed by atoms with E-state index in [1.807, 2.05) is 0 Å². The van der Waals surface area contributed by atoms with Crippen LogP contribution < -0.4 is 5.32 Å². The number of hydrogen-bond acceptors (Lipinski definition) is 2. The minimum atomic E-state index is -0.545. The van der Waals surface area contributed by atoms with Crippen molar-refractivity contribution >= 4 is 0 Å².